The van der Waals surface area contributed by atoms with Gasteiger partial charge in [0, 0.05) is 11.4 Å². The minimum absolute atomic E-state index is 0.316. The van der Waals surface area contributed by atoms with Gasteiger partial charge in [-0.3, -0.25) is 0 Å². The summed E-state index contributed by atoms with van der Waals surface area (Å²) in [4.78, 5) is 10.9. The summed E-state index contributed by atoms with van der Waals surface area (Å²) in [7, 11) is 0. The highest BCUT2D eigenvalue weighted by Crippen LogP contribution is 2.46. The number of anilines is 2. The number of hydrogen-bond acceptors (Lipinski definition) is 2. The average Bonchev–Trinajstić information content (AvgIpc) is 3.41. The summed E-state index contributed by atoms with van der Waals surface area (Å²) in [6.07, 6.45) is 5.23. The van der Waals surface area contributed by atoms with Gasteiger partial charge in [0.05, 0.1) is 5.56 Å². The molecule has 0 saturated heterocycles. The highest BCUT2D eigenvalue weighted by Gasteiger charge is 2.28. The Morgan fingerprint density at radius 2 is 1.41 bits per heavy atom. The van der Waals surface area contributed by atoms with Crippen LogP contribution >= 0.6 is 0 Å². The number of rotatable bonds is 5. The predicted molar refractivity (Wildman–Crippen MR) is 87.1 cm³/mol. The normalized spacial score (nSPS) is 17.3. The Morgan fingerprint density at radius 3 is 1.86 bits per heavy atom. The van der Waals surface area contributed by atoms with Crippen LogP contribution in [-0.2, 0) is 0 Å². The van der Waals surface area contributed by atoms with E-state index in [9.17, 15) is 4.79 Å². The van der Waals surface area contributed by atoms with Gasteiger partial charge in [-0.25, -0.2) is 4.79 Å². The van der Waals surface area contributed by atoms with Gasteiger partial charge in [0.25, 0.3) is 0 Å². The number of carboxylic acids is 1. The van der Waals surface area contributed by atoms with E-state index in [1.165, 1.54) is 36.8 Å². The van der Waals surface area contributed by atoms with Crippen LogP contribution in [0.3, 0.4) is 0 Å². The third-order valence-electron chi connectivity index (χ3n) is 4.50. The van der Waals surface area contributed by atoms with Crippen LogP contribution in [0.25, 0.3) is 0 Å². The Kier molecular flexibility index (Phi) is 3.14. The first kappa shape index (κ1) is 13.4. The molecule has 0 unspecified atom stereocenters. The minimum Gasteiger partial charge on any atom is -0.478 e. The second kappa shape index (κ2) is 5.16. The lowest BCUT2D eigenvalue weighted by atomic mass is 10.0. The first-order valence-corrected chi connectivity index (χ1v) is 7.94. The number of carbonyl (C=O) groups is 1. The predicted octanol–water partition coefficient (Wildman–Crippen LogP) is 4.88. The molecule has 4 rings (SSSR count). The van der Waals surface area contributed by atoms with E-state index in [2.05, 4.69) is 23.5 Å². The molecule has 0 aromatic heterocycles. The molecule has 2 aliphatic rings. The van der Waals surface area contributed by atoms with Crippen molar-refractivity contribution in [3.05, 3.63) is 59.2 Å². The first-order chi connectivity index (χ1) is 10.7. The summed E-state index contributed by atoms with van der Waals surface area (Å²) in [6, 6.07) is 13.8. The number of carboxylic acid groups (broad SMARTS) is 1. The average molecular weight is 293 g/mol. The van der Waals surface area contributed by atoms with E-state index < -0.39 is 5.97 Å². The molecule has 2 aromatic rings. The largest absolute Gasteiger partial charge is 0.478 e. The van der Waals surface area contributed by atoms with Crippen LogP contribution in [-0.4, -0.2) is 11.1 Å². The van der Waals surface area contributed by atoms with Crippen LogP contribution in [0.5, 0.6) is 0 Å². The minimum atomic E-state index is -0.890. The number of aromatic carboxylic acids is 1. The molecule has 0 heterocycles. The lowest BCUT2D eigenvalue weighted by Crippen LogP contribution is -1.97. The summed E-state index contributed by atoms with van der Waals surface area (Å²) in [5.74, 6) is 0.598. The Balaban J connectivity index is 1.59. The molecule has 2 N–H and O–H groups in total. The van der Waals surface area contributed by atoms with E-state index in [0.717, 1.165) is 23.2 Å². The number of benzene rings is 2. The van der Waals surface area contributed by atoms with E-state index in [1.54, 1.807) is 12.1 Å². The van der Waals surface area contributed by atoms with Crippen LogP contribution in [0.15, 0.2) is 42.5 Å². The molecule has 0 amide bonds. The Morgan fingerprint density at radius 1 is 0.864 bits per heavy atom. The highest BCUT2D eigenvalue weighted by atomic mass is 16.4. The second-order valence-corrected chi connectivity index (χ2v) is 6.44. The Hall–Kier alpha value is -2.29. The molecule has 0 aliphatic heterocycles. The zero-order valence-electron chi connectivity index (χ0n) is 12.4. The Labute approximate surface area is 130 Å². The van der Waals surface area contributed by atoms with Crippen LogP contribution < -0.4 is 5.32 Å². The van der Waals surface area contributed by atoms with Crippen molar-refractivity contribution in [2.75, 3.05) is 5.32 Å². The van der Waals surface area contributed by atoms with Gasteiger partial charge in [0.2, 0.25) is 0 Å². The Bertz CT molecular complexity index is 682. The van der Waals surface area contributed by atoms with E-state index in [0.29, 0.717) is 5.56 Å². The molecule has 3 heteroatoms. The maximum Gasteiger partial charge on any atom is 0.335 e. The van der Waals surface area contributed by atoms with Crippen molar-refractivity contribution in [3.63, 3.8) is 0 Å². The molecule has 2 saturated carbocycles. The van der Waals surface area contributed by atoms with Crippen molar-refractivity contribution < 1.29 is 9.90 Å². The lowest BCUT2D eigenvalue weighted by molar-refractivity contribution is 0.0697. The van der Waals surface area contributed by atoms with Crippen molar-refractivity contribution in [2.45, 2.75) is 37.5 Å². The van der Waals surface area contributed by atoms with E-state index in [-0.39, 0.29) is 0 Å². The van der Waals surface area contributed by atoms with Crippen molar-refractivity contribution in [3.8, 4) is 0 Å². The van der Waals surface area contributed by atoms with Crippen LogP contribution in [0.4, 0.5) is 11.4 Å². The maximum absolute atomic E-state index is 10.9. The second-order valence-electron chi connectivity index (χ2n) is 6.44. The van der Waals surface area contributed by atoms with E-state index >= 15 is 0 Å². The van der Waals surface area contributed by atoms with Crippen molar-refractivity contribution in [1.29, 1.82) is 0 Å². The molecule has 2 aromatic carbocycles. The molecule has 2 fully saturated rings. The molecular weight excluding hydrogens is 274 g/mol. The molecular formula is C19H19NO2. The highest BCUT2D eigenvalue weighted by molar-refractivity contribution is 5.88. The summed E-state index contributed by atoms with van der Waals surface area (Å²) >= 11 is 0. The summed E-state index contributed by atoms with van der Waals surface area (Å²) in [5, 5.41) is 12.4. The fourth-order valence-electron chi connectivity index (χ4n) is 2.92. The van der Waals surface area contributed by atoms with Gasteiger partial charge in [-0.1, -0.05) is 6.07 Å². The van der Waals surface area contributed by atoms with Gasteiger partial charge < -0.3 is 10.4 Å². The molecule has 0 spiro atoms. The van der Waals surface area contributed by atoms with Crippen LogP contribution in [0, 0.1) is 0 Å². The van der Waals surface area contributed by atoms with E-state index in [1.807, 2.05) is 12.1 Å². The molecule has 22 heavy (non-hydrogen) atoms. The zero-order valence-corrected chi connectivity index (χ0v) is 12.4. The summed E-state index contributed by atoms with van der Waals surface area (Å²) in [5.41, 5.74) is 5.27. The van der Waals surface area contributed by atoms with Gasteiger partial charge in [0.1, 0.15) is 0 Å². The first-order valence-electron chi connectivity index (χ1n) is 7.94. The topological polar surface area (TPSA) is 49.3 Å². The standard InChI is InChI=1S/C19H19NO2/c21-19(22)14-5-7-17(8-6-14)20-18-10-15(12-1-2-12)9-16(11-18)13-3-4-13/h5-13,20H,1-4H2,(H,21,22). The van der Waals surface area contributed by atoms with Gasteiger partial charge in [-0.15, -0.1) is 0 Å². The maximum atomic E-state index is 10.9. The van der Waals surface area contributed by atoms with Crippen molar-refractivity contribution >= 4 is 17.3 Å². The molecule has 3 nitrogen and oxygen atoms in total. The molecule has 0 atom stereocenters. The van der Waals surface area contributed by atoms with Gasteiger partial charge >= 0.3 is 5.97 Å². The van der Waals surface area contributed by atoms with Crippen molar-refractivity contribution in [1.82, 2.24) is 0 Å². The van der Waals surface area contributed by atoms with Crippen LogP contribution in [0.2, 0.25) is 0 Å². The van der Waals surface area contributed by atoms with E-state index in [4.69, 9.17) is 5.11 Å². The summed E-state index contributed by atoms with van der Waals surface area (Å²) < 4.78 is 0. The third kappa shape index (κ3) is 2.84. The zero-order chi connectivity index (χ0) is 15.1. The van der Waals surface area contributed by atoms with Crippen LogP contribution in [0.1, 0.15) is 59.0 Å². The fourth-order valence-corrected chi connectivity index (χ4v) is 2.92. The molecule has 0 bridgehead atoms. The monoisotopic (exact) mass is 293 g/mol. The fraction of sp³-hybridized carbons (Fsp3) is 0.316. The molecule has 0 radical (unpaired) electrons. The number of nitrogens with one attached hydrogen (secondary N) is 1. The molecule has 112 valence electrons. The van der Waals surface area contributed by atoms with Gasteiger partial charge in [-0.2, -0.15) is 0 Å². The SMILES string of the molecule is O=C(O)c1ccc(Nc2cc(C3CC3)cc(C3CC3)c2)cc1. The summed E-state index contributed by atoms with van der Waals surface area (Å²) in [6.45, 7) is 0. The lowest BCUT2D eigenvalue weighted by Gasteiger charge is -2.11. The van der Waals surface area contributed by atoms with Gasteiger partial charge in [0.15, 0.2) is 0 Å². The van der Waals surface area contributed by atoms with Gasteiger partial charge in [-0.05, 0) is 85.0 Å². The molecule has 2 aliphatic carbocycles. The van der Waals surface area contributed by atoms with Crippen molar-refractivity contribution in [2.24, 2.45) is 0 Å². The number of hydrogen-bond donors (Lipinski definition) is 2. The smallest absolute Gasteiger partial charge is 0.335 e. The third-order valence-corrected chi connectivity index (χ3v) is 4.50. The quantitative estimate of drug-likeness (QED) is 0.825.